The van der Waals surface area contributed by atoms with E-state index in [9.17, 15) is 15.0 Å². The van der Waals surface area contributed by atoms with Gasteiger partial charge in [-0.3, -0.25) is 9.69 Å². The Morgan fingerprint density at radius 2 is 1.97 bits per heavy atom. The number of nitrogens with zero attached hydrogens (tertiary/aromatic N) is 1. The van der Waals surface area contributed by atoms with E-state index < -0.39 is 23.2 Å². The van der Waals surface area contributed by atoms with Gasteiger partial charge in [-0.15, -0.1) is 11.6 Å². The second-order valence-electron chi connectivity index (χ2n) is 12.0. The zero-order valence-corrected chi connectivity index (χ0v) is 23.3. The minimum Gasteiger partial charge on any atom is -0.504 e. The molecule has 39 heavy (non-hydrogen) atoms. The Kier molecular flexibility index (Phi) is 6.23. The van der Waals surface area contributed by atoms with E-state index in [-0.39, 0.29) is 29.6 Å². The molecule has 2 aliphatic heterocycles. The molecule has 3 aliphatic carbocycles. The number of benzene rings is 2. The van der Waals surface area contributed by atoms with Crippen LogP contribution in [0, 0.1) is 5.92 Å². The topological polar surface area (TPSA) is 91.3 Å². The van der Waals surface area contributed by atoms with E-state index in [1.165, 1.54) is 12.8 Å². The van der Waals surface area contributed by atoms with E-state index in [0.29, 0.717) is 35.8 Å². The number of hydrogen-bond acceptors (Lipinski definition) is 6. The third-order valence-corrected chi connectivity index (χ3v) is 10.3. The molecule has 6 atom stereocenters. The summed E-state index contributed by atoms with van der Waals surface area (Å²) < 4.78 is 12.6. The van der Waals surface area contributed by atoms with E-state index in [2.05, 4.69) is 10.2 Å². The van der Waals surface area contributed by atoms with Crippen LogP contribution in [0.2, 0.25) is 5.02 Å². The van der Waals surface area contributed by atoms with Crippen LogP contribution in [0.4, 0.5) is 0 Å². The molecule has 3 N–H and O–H groups in total. The van der Waals surface area contributed by atoms with Gasteiger partial charge in [0.25, 0.3) is 5.91 Å². The van der Waals surface area contributed by atoms with Crippen LogP contribution >= 0.6 is 23.2 Å². The summed E-state index contributed by atoms with van der Waals surface area (Å²) in [6.07, 6.45) is 4.19. The Hall–Kier alpha value is -2.19. The first kappa shape index (κ1) is 25.8. The Balaban J connectivity index is 1.20. The SMILES string of the molecule is O=C(N[C@@H]1CC[C@@]2(O)[C@H]3Cc4ccc(O)c5c4[C@@]2(CCN3CC2CC2)[C@H]1O5)C(CCCl)Oc1ccc(Cl)cc1. The highest BCUT2D eigenvalue weighted by Gasteiger charge is 2.73. The first-order valence-electron chi connectivity index (χ1n) is 14.1. The molecule has 1 saturated heterocycles. The summed E-state index contributed by atoms with van der Waals surface area (Å²) in [5, 5.41) is 27.2. The molecule has 7 nitrogen and oxygen atoms in total. The summed E-state index contributed by atoms with van der Waals surface area (Å²) in [5.41, 5.74) is 0.409. The van der Waals surface area contributed by atoms with Gasteiger partial charge in [0.2, 0.25) is 0 Å². The van der Waals surface area contributed by atoms with Crippen LogP contribution in [0.5, 0.6) is 17.2 Å². The number of hydrogen-bond donors (Lipinski definition) is 3. The lowest BCUT2D eigenvalue weighted by atomic mass is 9.48. The number of likely N-dealkylation sites (tertiary alicyclic amines) is 1. The van der Waals surface area contributed by atoms with Crippen LogP contribution in [-0.2, 0) is 16.6 Å². The lowest BCUT2D eigenvalue weighted by Crippen LogP contribution is -2.78. The van der Waals surface area contributed by atoms with Gasteiger partial charge >= 0.3 is 0 Å². The van der Waals surface area contributed by atoms with Crippen molar-refractivity contribution in [2.24, 2.45) is 5.92 Å². The fourth-order valence-corrected chi connectivity index (χ4v) is 8.25. The van der Waals surface area contributed by atoms with E-state index in [4.69, 9.17) is 32.7 Å². The normalized spacial score (nSPS) is 33.2. The molecule has 2 heterocycles. The fraction of sp³-hybridized carbons (Fsp3) is 0.567. The van der Waals surface area contributed by atoms with Gasteiger partial charge < -0.3 is 25.0 Å². The Labute approximate surface area is 238 Å². The largest absolute Gasteiger partial charge is 0.504 e. The quantitative estimate of drug-likeness (QED) is 0.411. The monoisotopic (exact) mass is 572 g/mol. The van der Waals surface area contributed by atoms with Gasteiger partial charge in [0.1, 0.15) is 11.9 Å². The number of amides is 1. The molecular weight excluding hydrogens is 539 g/mol. The van der Waals surface area contributed by atoms with Gasteiger partial charge in [0, 0.05) is 35.5 Å². The van der Waals surface area contributed by atoms with Crippen molar-refractivity contribution in [1.29, 1.82) is 0 Å². The predicted octanol–water partition coefficient (Wildman–Crippen LogP) is 4.17. The minimum absolute atomic E-state index is 0.00479. The summed E-state index contributed by atoms with van der Waals surface area (Å²) in [6.45, 7) is 1.89. The first-order valence-corrected chi connectivity index (χ1v) is 15.0. The van der Waals surface area contributed by atoms with Crippen molar-refractivity contribution >= 4 is 29.1 Å². The zero-order chi connectivity index (χ0) is 26.9. The van der Waals surface area contributed by atoms with Crippen molar-refractivity contribution in [3.05, 3.63) is 52.5 Å². The maximum atomic E-state index is 13.6. The highest BCUT2D eigenvalue weighted by atomic mass is 35.5. The van der Waals surface area contributed by atoms with E-state index in [1.54, 1.807) is 30.3 Å². The minimum atomic E-state index is -0.993. The summed E-state index contributed by atoms with van der Waals surface area (Å²) >= 11 is 12.1. The molecule has 0 aromatic heterocycles. The molecule has 2 aromatic carbocycles. The number of ether oxygens (including phenoxy) is 2. The first-order chi connectivity index (χ1) is 18.8. The number of phenols is 1. The van der Waals surface area contributed by atoms with Crippen LogP contribution in [0.25, 0.3) is 0 Å². The van der Waals surface area contributed by atoms with Gasteiger partial charge in [0.15, 0.2) is 17.6 Å². The molecule has 208 valence electrons. The number of rotatable bonds is 8. The molecular formula is C30H34Cl2N2O5. The number of nitrogens with one attached hydrogen (secondary N) is 1. The van der Waals surface area contributed by atoms with Crippen molar-refractivity contribution in [2.45, 2.75) is 80.3 Å². The average Bonchev–Trinajstić information content (AvgIpc) is 3.66. The highest BCUT2D eigenvalue weighted by Crippen LogP contribution is 2.65. The number of piperidine rings is 1. The molecule has 7 rings (SSSR count). The number of alkyl halides is 1. The average molecular weight is 574 g/mol. The fourth-order valence-electron chi connectivity index (χ4n) is 7.93. The predicted molar refractivity (Wildman–Crippen MR) is 148 cm³/mol. The number of aromatic hydroxyl groups is 1. The maximum Gasteiger partial charge on any atom is 0.261 e. The summed E-state index contributed by atoms with van der Waals surface area (Å²) in [4.78, 5) is 16.1. The van der Waals surface area contributed by atoms with Crippen molar-refractivity contribution in [1.82, 2.24) is 10.2 Å². The Morgan fingerprint density at radius 3 is 2.72 bits per heavy atom. The van der Waals surface area contributed by atoms with Crippen molar-refractivity contribution in [3.63, 3.8) is 0 Å². The highest BCUT2D eigenvalue weighted by molar-refractivity contribution is 6.30. The van der Waals surface area contributed by atoms with Crippen LogP contribution in [-0.4, -0.2) is 69.9 Å². The van der Waals surface area contributed by atoms with E-state index >= 15 is 0 Å². The van der Waals surface area contributed by atoms with Crippen LogP contribution < -0.4 is 14.8 Å². The zero-order valence-electron chi connectivity index (χ0n) is 21.7. The molecule has 2 aromatic rings. The number of aliphatic hydroxyl groups is 1. The Bertz CT molecular complexity index is 1290. The van der Waals surface area contributed by atoms with Crippen LogP contribution in [0.15, 0.2) is 36.4 Å². The van der Waals surface area contributed by atoms with Gasteiger partial charge in [-0.1, -0.05) is 17.7 Å². The van der Waals surface area contributed by atoms with Gasteiger partial charge in [-0.25, -0.2) is 0 Å². The van der Waals surface area contributed by atoms with Crippen molar-refractivity contribution in [2.75, 3.05) is 19.0 Å². The van der Waals surface area contributed by atoms with Crippen molar-refractivity contribution in [3.8, 4) is 17.2 Å². The molecule has 5 aliphatic rings. The lowest BCUT2D eigenvalue weighted by molar-refractivity contribution is -0.192. The second kappa shape index (κ2) is 9.44. The Morgan fingerprint density at radius 1 is 1.18 bits per heavy atom. The molecule has 1 unspecified atom stereocenters. The van der Waals surface area contributed by atoms with Crippen molar-refractivity contribution < 1.29 is 24.5 Å². The number of halogens is 2. The van der Waals surface area contributed by atoms with Gasteiger partial charge in [-0.05, 0) is 86.9 Å². The summed E-state index contributed by atoms with van der Waals surface area (Å²) in [5.74, 6) is 1.83. The molecule has 2 saturated carbocycles. The molecule has 0 radical (unpaired) electrons. The number of phenolic OH excluding ortho intramolecular Hbond substituents is 1. The number of carbonyl (C=O) groups is 1. The molecule has 1 amide bonds. The molecule has 2 bridgehead atoms. The number of carbonyl (C=O) groups excluding carboxylic acids is 1. The van der Waals surface area contributed by atoms with Gasteiger partial charge in [-0.2, -0.15) is 0 Å². The summed E-state index contributed by atoms with van der Waals surface area (Å²) in [6, 6.07) is 10.2. The maximum absolute atomic E-state index is 13.6. The van der Waals surface area contributed by atoms with Crippen LogP contribution in [0.1, 0.15) is 49.7 Å². The third kappa shape index (κ3) is 3.95. The van der Waals surface area contributed by atoms with E-state index in [0.717, 1.165) is 43.0 Å². The third-order valence-electron chi connectivity index (χ3n) is 9.85. The van der Waals surface area contributed by atoms with Crippen LogP contribution in [0.3, 0.4) is 0 Å². The molecule has 1 spiro atoms. The summed E-state index contributed by atoms with van der Waals surface area (Å²) in [7, 11) is 0. The molecule has 3 fully saturated rings. The second-order valence-corrected chi connectivity index (χ2v) is 12.8. The smallest absolute Gasteiger partial charge is 0.261 e. The van der Waals surface area contributed by atoms with E-state index in [1.807, 2.05) is 6.07 Å². The molecule has 9 heteroatoms. The van der Waals surface area contributed by atoms with Gasteiger partial charge in [0.05, 0.1) is 17.1 Å². The lowest BCUT2D eigenvalue weighted by Gasteiger charge is -2.64. The standard InChI is InChI=1S/C30H34Cl2N2O5/c31-13-10-23(38-20-6-4-19(32)5-7-20)28(36)33-21-9-11-30(37)24-15-18-3-8-22(35)26-25(18)29(30,27(21)39-26)12-14-34(24)16-17-1-2-17/h3-8,17,21,23-24,27,35,37H,1-2,9-16H2,(H,33,36)/t21-,23?,24-,27+,29+,30-/m1/s1.